The van der Waals surface area contributed by atoms with E-state index in [1.54, 1.807) is 18.2 Å². The van der Waals surface area contributed by atoms with Crippen LogP contribution in [0.1, 0.15) is 31.2 Å². The molecule has 0 aromatic heterocycles. The van der Waals surface area contributed by atoms with Gasteiger partial charge in [-0.1, -0.05) is 28.8 Å². The van der Waals surface area contributed by atoms with Gasteiger partial charge in [0.2, 0.25) is 5.91 Å². The number of nitrogens with one attached hydrogen (secondary N) is 2. The Labute approximate surface area is 121 Å². The Kier molecular flexibility index (Phi) is 4.94. The number of nitriles is 1. The molecule has 1 aromatic carbocycles. The minimum absolute atomic E-state index is 0.106. The third-order valence-electron chi connectivity index (χ3n) is 3.28. The van der Waals surface area contributed by atoms with Crippen LogP contribution in [0.4, 0.5) is 5.69 Å². The molecule has 0 bridgehead atoms. The average molecular weight is 322 g/mol. The number of benzene rings is 1. The van der Waals surface area contributed by atoms with Gasteiger partial charge >= 0.3 is 0 Å². The maximum Gasteiger partial charge on any atom is 0.238 e. The van der Waals surface area contributed by atoms with E-state index in [4.69, 9.17) is 5.26 Å². The third-order valence-corrected chi connectivity index (χ3v) is 3.78. The van der Waals surface area contributed by atoms with E-state index >= 15 is 0 Å². The SMILES string of the molecule is N#Cc1cc(Br)ccc1NC(=O)CNC1CCCC1. The van der Waals surface area contributed by atoms with Gasteiger partial charge in [-0.3, -0.25) is 4.79 Å². The summed E-state index contributed by atoms with van der Waals surface area (Å²) in [6.07, 6.45) is 4.78. The van der Waals surface area contributed by atoms with E-state index in [1.807, 2.05) is 0 Å². The molecule has 1 fully saturated rings. The maximum atomic E-state index is 11.8. The highest BCUT2D eigenvalue weighted by Crippen LogP contribution is 2.20. The van der Waals surface area contributed by atoms with Crippen molar-refractivity contribution in [1.29, 1.82) is 5.26 Å². The summed E-state index contributed by atoms with van der Waals surface area (Å²) < 4.78 is 0.825. The van der Waals surface area contributed by atoms with Crippen molar-refractivity contribution in [3.8, 4) is 6.07 Å². The Bertz CT molecular complexity index is 504. The average Bonchev–Trinajstić information content (AvgIpc) is 2.91. The Morgan fingerprint density at radius 2 is 2.16 bits per heavy atom. The summed E-state index contributed by atoms with van der Waals surface area (Å²) in [5, 5.41) is 15.0. The summed E-state index contributed by atoms with van der Waals surface area (Å²) in [5.41, 5.74) is 1.02. The van der Waals surface area contributed by atoms with Gasteiger partial charge < -0.3 is 10.6 Å². The third kappa shape index (κ3) is 4.05. The van der Waals surface area contributed by atoms with E-state index < -0.39 is 0 Å². The van der Waals surface area contributed by atoms with Gasteiger partial charge in [-0.2, -0.15) is 5.26 Å². The lowest BCUT2D eigenvalue weighted by Gasteiger charge is -2.12. The fourth-order valence-corrected chi connectivity index (χ4v) is 2.64. The zero-order valence-corrected chi connectivity index (χ0v) is 12.2. The van der Waals surface area contributed by atoms with Crippen LogP contribution in [0, 0.1) is 11.3 Å². The summed E-state index contributed by atoms with van der Waals surface area (Å²) in [7, 11) is 0. The topological polar surface area (TPSA) is 64.9 Å². The monoisotopic (exact) mass is 321 g/mol. The molecule has 19 heavy (non-hydrogen) atoms. The molecule has 5 heteroatoms. The van der Waals surface area contributed by atoms with Gasteiger partial charge in [0.1, 0.15) is 6.07 Å². The predicted octanol–water partition coefficient (Wildman–Crippen LogP) is 2.79. The highest BCUT2D eigenvalue weighted by molar-refractivity contribution is 9.10. The molecule has 0 unspecified atom stereocenters. The molecule has 0 aliphatic heterocycles. The van der Waals surface area contributed by atoms with Crippen molar-refractivity contribution in [2.24, 2.45) is 0 Å². The minimum atomic E-state index is -0.106. The molecule has 0 atom stereocenters. The van der Waals surface area contributed by atoms with Crippen molar-refractivity contribution >= 4 is 27.5 Å². The maximum absolute atomic E-state index is 11.8. The highest BCUT2D eigenvalue weighted by Gasteiger charge is 2.15. The first-order valence-corrected chi connectivity index (χ1v) is 7.21. The van der Waals surface area contributed by atoms with E-state index in [1.165, 1.54) is 12.8 Å². The first kappa shape index (κ1) is 14.0. The summed E-state index contributed by atoms with van der Waals surface area (Å²) in [5.74, 6) is -0.106. The molecule has 1 aliphatic carbocycles. The van der Waals surface area contributed by atoms with Crippen LogP contribution in [-0.2, 0) is 4.79 Å². The van der Waals surface area contributed by atoms with E-state index in [9.17, 15) is 4.79 Å². The van der Waals surface area contributed by atoms with Crippen molar-refractivity contribution in [2.75, 3.05) is 11.9 Å². The van der Waals surface area contributed by atoms with Gasteiger partial charge in [0.05, 0.1) is 17.8 Å². The normalized spacial score (nSPS) is 15.2. The molecule has 1 aliphatic rings. The molecular formula is C14H16BrN3O. The van der Waals surface area contributed by atoms with Gasteiger partial charge in [0, 0.05) is 10.5 Å². The van der Waals surface area contributed by atoms with Crippen LogP contribution in [0.2, 0.25) is 0 Å². The highest BCUT2D eigenvalue weighted by atomic mass is 79.9. The smallest absolute Gasteiger partial charge is 0.238 e. The number of anilines is 1. The molecule has 0 radical (unpaired) electrons. The first-order valence-electron chi connectivity index (χ1n) is 6.42. The van der Waals surface area contributed by atoms with Crippen LogP contribution in [0.3, 0.4) is 0 Å². The molecule has 100 valence electrons. The van der Waals surface area contributed by atoms with Crippen molar-refractivity contribution in [3.05, 3.63) is 28.2 Å². The lowest BCUT2D eigenvalue weighted by molar-refractivity contribution is -0.115. The summed E-state index contributed by atoms with van der Waals surface area (Å²) in [6.45, 7) is 0.297. The number of hydrogen-bond donors (Lipinski definition) is 2. The Morgan fingerprint density at radius 1 is 1.42 bits per heavy atom. The van der Waals surface area contributed by atoms with Crippen LogP contribution in [0.25, 0.3) is 0 Å². The fraction of sp³-hybridized carbons (Fsp3) is 0.429. The largest absolute Gasteiger partial charge is 0.324 e. The lowest BCUT2D eigenvalue weighted by Crippen LogP contribution is -2.34. The first-order chi connectivity index (χ1) is 9.19. The van der Waals surface area contributed by atoms with Gasteiger partial charge in [0.15, 0.2) is 0 Å². The standard InChI is InChI=1S/C14H16BrN3O/c15-11-5-6-13(10(7-11)8-16)18-14(19)9-17-12-3-1-2-4-12/h5-7,12,17H,1-4,9H2,(H,18,19). The quantitative estimate of drug-likeness (QED) is 0.896. The molecular weight excluding hydrogens is 306 g/mol. The van der Waals surface area contributed by atoms with Crippen LogP contribution in [-0.4, -0.2) is 18.5 Å². The van der Waals surface area contributed by atoms with Crippen LogP contribution >= 0.6 is 15.9 Å². The molecule has 2 N–H and O–H groups in total. The molecule has 1 aromatic rings. The van der Waals surface area contributed by atoms with E-state index in [0.29, 0.717) is 23.8 Å². The Morgan fingerprint density at radius 3 is 2.84 bits per heavy atom. The molecule has 1 amide bonds. The number of halogens is 1. The number of carbonyl (C=O) groups is 1. The number of rotatable bonds is 4. The van der Waals surface area contributed by atoms with Gasteiger partial charge in [-0.15, -0.1) is 0 Å². The Balaban J connectivity index is 1.89. The van der Waals surface area contributed by atoms with Gasteiger partial charge in [-0.25, -0.2) is 0 Å². The molecule has 0 saturated heterocycles. The number of nitrogens with zero attached hydrogens (tertiary/aromatic N) is 1. The number of amides is 1. The fourth-order valence-electron chi connectivity index (χ4n) is 2.28. The summed E-state index contributed by atoms with van der Waals surface area (Å²) in [4.78, 5) is 11.8. The molecule has 0 spiro atoms. The zero-order chi connectivity index (χ0) is 13.7. The molecule has 2 rings (SSSR count). The minimum Gasteiger partial charge on any atom is -0.324 e. The zero-order valence-electron chi connectivity index (χ0n) is 10.6. The molecule has 0 heterocycles. The second-order valence-electron chi connectivity index (χ2n) is 4.71. The van der Waals surface area contributed by atoms with Gasteiger partial charge in [0.25, 0.3) is 0 Å². The van der Waals surface area contributed by atoms with E-state index in [2.05, 4.69) is 32.6 Å². The van der Waals surface area contributed by atoms with Crippen molar-refractivity contribution in [2.45, 2.75) is 31.7 Å². The predicted molar refractivity (Wildman–Crippen MR) is 77.7 cm³/mol. The van der Waals surface area contributed by atoms with Crippen LogP contribution in [0.5, 0.6) is 0 Å². The van der Waals surface area contributed by atoms with Crippen LogP contribution in [0.15, 0.2) is 22.7 Å². The molecule has 4 nitrogen and oxygen atoms in total. The number of carbonyl (C=O) groups excluding carboxylic acids is 1. The van der Waals surface area contributed by atoms with Crippen LogP contribution < -0.4 is 10.6 Å². The number of hydrogen-bond acceptors (Lipinski definition) is 3. The molecule has 1 saturated carbocycles. The summed E-state index contributed by atoms with van der Waals surface area (Å²) >= 11 is 3.30. The van der Waals surface area contributed by atoms with Crippen molar-refractivity contribution in [1.82, 2.24) is 5.32 Å². The van der Waals surface area contributed by atoms with Crippen molar-refractivity contribution < 1.29 is 4.79 Å². The van der Waals surface area contributed by atoms with E-state index in [0.717, 1.165) is 17.3 Å². The second-order valence-corrected chi connectivity index (χ2v) is 5.63. The summed E-state index contributed by atoms with van der Waals surface area (Å²) in [6, 6.07) is 7.77. The Hall–Kier alpha value is -1.38. The lowest BCUT2D eigenvalue weighted by atomic mass is 10.2. The van der Waals surface area contributed by atoms with E-state index in [-0.39, 0.29) is 5.91 Å². The van der Waals surface area contributed by atoms with Gasteiger partial charge in [-0.05, 0) is 31.0 Å². The van der Waals surface area contributed by atoms with Crippen molar-refractivity contribution in [3.63, 3.8) is 0 Å². The second kappa shape index (κ2) is 6.69.